The summed E-state index contributed by atoms with van der Waals surface area (Å²) in [6.07, 6.45) is -1.06. The zero-order chi connectivity index (χ0) is 19.0. The van der Waals surface area contributed by atoms with Crippen LogP contribution in [0.4, 0.5) is 5.95 Å². The highest BCUT2D eigenvalue weighted by molar-refractivity contribution is 8.00. The fourth-order valence-electron chi connectivity index (χ4n) is 2.70. The van der Waals surface area contributed by atoms with Gasteiger partial charge in [0.25, 0.3) is 5.56 Å². The van der Waals surface area contributed by atoms with Crippen LogP contribution >= 0.6 is 23.1 Å². The van der Waals surface area contributed by atoms with Gasteiger partial charge in [-0.2, -0.15) is 4.98 Å². The quantitative estimate of drug-likeness (QED) is 0.528. The number of nitrogen functional groups attached to an aromatic ring is 1. The van der Waals surface area contributed by atoms with Crippen molar-refractivity contribution >= 4 is 45.3 Å². The van der Waals surface area contributed by atoms with Gasteiger partial charge < -0.3 is 20.9 Å². The molecule has 0 radical (unpaired) electrons. The summed E-state index contributed by atoms with van der Waals surface area (Å²) in [5.41, 5.74) is 4.62. The van der Waals surface area contributed by atoms with Crippen LogP contribution in [0.15, 0.2) is 9.59 Å². The average Bonchev–Trinajstić information content (AvgIpc) is 3.14. The number of aliphatic hydroxyl groups is 1. The van der Waals surface area contributed by atoms with Gasteiger partial charge in [-0.15, -0.1) is 11.8 Å². The summed E-state index contributed by atoms with van der Waals surface area (Å²) in [5.74, 6) is -0.340. The van der Waals surface area contributed by atoms with E-state index in [1.54, 1.807) is 0 Å². The summed E-state index contributed by atoms with van der Waals surface area (Å²) < 4.78 is 7.27. The van der Waals surface area contributed by atoms with Crippen molar-refractivity contribution < 1.29 is 14.6 Å². The molecule has 1 aliphatic rings. The van der Waals surface area contributed by atoms with Gasteiger partial charge in [0.15, 0.2) is 11.9 Å². The number of carbonyl (C=O) groups excluding carboxylic acids is 1. The lowest BCUT2D eigenvalue weighted by Gasteiger charge is -2.19. The van der Waals surface area contributed by atoms with E-state index in [4.69, 9.17) is 10.5 Å². The number of nitrogens with zero attached hydrogens (tertiary/aromatic N) is 2. The van der Waals surface area contributed by atoms with Crippen LogP contribution in [0.2, 0.25) is 0 Å². The lowest BCUT2D eigenvalue weighted by molar-refractivity contribution is -0.121. The minimum absolute atomic E-state index is 0.0845. The molecular formula is C14H19N5O5S2. The molecule has 1 amide bonds. The topological polar surface area (TPSA) is 152 Å². The van der Waals surface area contributed by atoms with Gasteiger partial charge in [-0.3, -0.25) is 23.9 Å². The third kappa shape index (κ3) is 3.37. The first kappa shape index (κ1) is 18.9. The Kier molecular flexibility index (Phi) is 5.37. The Labute approximate surface area is 155 Å². The highest BCUT2D eigenvalue weighted by Crippen LogP contribution is 2.43. The summed E-state index contributed by atoms with van der Waals surface area (Å²) in [4.78, 5) is 42.4. The van der Waals surface area contributed by atoms with E-state index < -0.39 is 33.5 Å². The second kappa shape index (κ2) is 7.39. The molecule has 4 atom stereocenters. The maximum atomic E-state index is 12.5. The van der Waals surface area contributed by atoms with Crippen molar-refractivity contribution in [2.75, 3.05) is 12.8 Å². The predicted octanol–water partition coefficient (Wildman–Crippen LogP) is -0.408. The minimum Gasteiger partial charge on any atom is -0.390 e. The highest BCUT2D eigenvalue weighted by Gasteiger charge is 2.42. The van der Waals surface area contributed by atoms with E-state index in [2.05, 4.69) is 15.3 Å². The van der Waals surface area contributed by atoms with Crippen molar-refractivity contribution in [2.45, 2.75) is 42.8 Å². The van der Waals surface area contributed by atoms with Crippen LogP contribution in [-0.4, -0.2) is 49.4 Å². The average molecular weight is 401 g/mol. The lowest BCUT2D eigenvalue weighted by atomic mass is 10.2. The van der Waals surface area contributed by atoms with E-state index >= 15 is 0 Å². The van der Waals surface area contributed by atoms with E-state index in [0.29, 0.717) is 6.42 Å². The maximum absolute atomic E-state index is 12.5. The molecule has 5 N–H and O–H groups in total. The molecule has 2 aromatic heterocycles. The molecule has 3 rings (SSSR count). The molecule has 12 heteroatoms. The fourth-order valence-corrected chi connectivity index (χ4v) is 5.01. The molecule has 0 spiro atoms. The molecule has 10 nitrogen and oxygen atoms in total. The summed E-state index contributed by atoms with van der Waals surface area (Å²) in [6, 6.07) is 0. The number of hydrogen-bond acceptors (Lipinski definition) is 9. The minimum atomic E-state index is -0.849. The third-order valence-electron chi connectivity index (χ3n) is 4.04. The smallest absolute Gasteiger partial charge is 0.311 e. The van der Waals surface area contributed by atoms with E-state index in [1.807, 2.05) is 6.92 Å². The zero-order valence-corrected chi connectivity index (χ0v) is 15.7. The third-order valence-corrected chi connectivity index (χ3v) is 6.43. The van der Waals surface area contributed by atoms with E-state index in [-0.39, 0.29) is 28.6 Å². The number of rotatable bonds is 5. The fraction of sp³-hybridized carbons (Fsp3) is 0.571. The maximum Gasteiger partial charge on any atom is 0.311 e. The molecule has 1 fully saturated rings. The Bertz CT molecular complexity index is 938. The van der Waals surface area contributed by atoms with Gasteiger partial charge in [0.1, 0.15) is 10.1 Å². The number of aromatic amines is 1. The molecule has 0 saturated carbocycles. The monoisotopic (exact) mass is 401 g/mol. The zero-order valence-electron chi connectivity index (χ0n) is 14.1. The van der Waals surface area contributed by atoms with Gasteiger partial charge in [0.2, 0.25) is 11.9 Å². The van der Waals surface area contributed by atoms with Crippen LogP contribution in [0, 0.1) is 0 Å². The molecule has 142 valence electrons. The largest absolute Gasteiger partial charge is 0.390 e. The number of aliphatic hydroxyl groups excluding tert-OH is 1. The van der Waals surface area contributed by atoms with Crippen molar-refractivity contribution in [3.63, 3.8) is 0 Å². The first-order valence-corrected chi connectivity index (χ1v) is 9.72. The van der Waals surface area contributed by atoms with Crippen molar-refractivity contribution in [1.82, 2.24) is 19.9 Å². The number of amides is 1. The number of aromatic nitrogens is 3. The lowest BCUT2D eigenvalue weighted by Crippen LogP contribution is -2.31. The summed E-state index contributed by atoms with van der Waals surface area (Å²) in [7, 11) is 1.52. The number of anilines is 1. The number of thioether (sulfide) groups is 1. The van der Waals surface area contributed by atoms with Gasteiger partial charge in [0, 0.05) is 13.5 Å². The van der Waals surface area contributed by atoms with Gasteiger partial charge in [-0.1, -0.05) is 18.3 Å². The predicted molar refractivity (Wildman–Crippen MR) is 99.2 cm³/mol. The number of thiazole rings is 1. The molecule has 0 bridgehead atoms. The molecule has 26 heavy (non-hydrogen) atoms. The number of carbonyl (C=O) groups is 1. The van der Waals surface area contributed by atoms with Gasteiger partial charge in [-0.25, -0.2) is 0 Å². The number of fused-ring (bicyclic) bond motifs is 1. The SMILES string of the molecule is CCC(O)[C@H]1O[C@@H](n2c(=O)sc3c(=O)[nH]c(N)nc32)[C@H](CC(=O)NC)S1. The van der Waals surface area contributed by atoms with Gasteiger partial charge in [0.05, 0.1) is 11.4 Å². The number of hydrogen-bond donors (Lipinski definition) is 4. The standard InChI is InChI=1S/C14H19N5O5S2/c1-3-5(20)12-24-11(6(25-12)4-7(21)16-2)19-9-8(26-14(19)23)10(22)18-13(15)17-9/h5-6,11-12,20H,3-4H2,1-2H3,(H,16,21)(H3,15,17,18,22)/t5?,6-,11+,12-/m0/s1. The Hall–Kier alpha value is -1.89. The Morgan fingerprint density at radius 2 is 2.27 bits per heavy atom. The summed E-state index contributed by atoms with van der Waals surface area (Å²) in [5, 5.41) is 12.2. The molecule has 1 aliphatic heterocycles. The Morgan fingerprint density at radius 3 is 2.92 bits per heavy atom. The second-order valence-corrected chi connectivity index (χ2v) is 8.07. The molecule has 3 heterocycles. The summed E-state index contributed by atoms with van der Waals surface area (Å²) >= 11 is 2.02. The molecular weight excluding hydrogens is 382 g/mol. The van der Waals surface area contributed by atoms with Crippen LogP contribution in [0.3, 0.4) is 0 Å². The molecule has 0 aromatic carbocycles. The summed E-state index contributed by atoms with van der Waals surface area (Å²) in [6.45, 7) is 1.81. The Balaban J connectivity index is 2.08. The van der Waals surface area contributed by atoms with E-state index in [0.717, 1.165) is 11.3 Å². The second-order valence-electron chi connectivity index (χ2n) is 5.76. The normalized spacial score (nSPS) is 24.0. The Morgan fingerprint density at radius 1 is 1.54 bits per heavy atom. The highest BCUT2D eigenvalue weighted by atomic mass is 32.2. The van der Waals surface area contributed by atoms with Crippen molar-refractivity contribution in [1.29, 1.82) is 0 Å². The molecule has 1 saturated heterocycles. The molecule has 0 aliphatic carbocycles. The molecule has 2 aromatic rings. The number of ether oxygens (including phenoxy) is 1. The van der Waals surface area contributed by atoms with Crippen LogP contribution in [0.5, 0.6) is 0 Å². The van der Waals surface area contributed by atoms with E-state index in [9.17, 15) is 19.5 Å². The van der Waals surface area contributed by atoms with Crippen molar-refractivity contribution in [3.05, 3.63) is 20.0 Å². The van der Waals surface area contributed by atoms with Crippen molar-refractivity contribution in [2.24, 2.45) is 0 Å². The number of nitrogens with one attached hydrogen (secondary N) is 2. The van der Waals surface area contributed by atoms with Crippen LogP contribution in [0.1, 0.15) is 26.0 Å². The van der Waals surface area contributed by atoms with Crippen LogP contribution in [-0.2, 0) is 9.53 Å². The number of H-pyrrole nitrogens is 1. The number of nitrogens with two attached hydrogens (primary N) is 1. The van der Waals surface area contributed by atoms with Crippen molar-refractivity contribution in [3.8, 4) is 0 Å². The first-order valence-electron chi connectivity index (χ1n) is 7.96. The molecule has 1 unspecified atom stereocenters. The van der Waals surface area contributed by atoms with Gasteiger partial charge in [-0.05, 0) is 6.42 Å². The van der Waals surface area contributed by atoms with E-state index in [1.165, 1.54) is 23.4 Å². The van der Waals surface area contributed by atoms with Gasteiger partial charge >= 0.3 is 4.87 Å². The van der Waals surface area contributed by atoms with Crippen LogP contribution < -0.4 is 21.5 Å². The first-order chi connectivity index (χ1) is 12.3. The van der Waals surface area contributed by atoms with Crippen LogP contribution in [0.25, 0.3) is 10.3 Å².